The van der Waals surface area contributed by atoms with Crippen LogP contribution in [0.25, 0.3) is 0 Å². The molecule has 0 fully saturated rings. The fourth-order valence-electron chi connectivity index (χ4n) is 1.55. The van der Waals surface area contributed by atoms with Gasteiger partial charge in [-0.3, -0.25) is 0 Å². The largest absolute Gasteiger partial charge is 0.343 e. The maximum absolute atomic E-state index is 13.0. The molecule has 0 bridgehead atoms. The Bertz CT molecular complexity index is 471. The third-order valence-electron chi connectivity index (χ3n) is 2.48. The predicted molar refractivity (Wildman–Crippen MR) is 60.8 cm³/mol. The molecule has 0 saturated carbocycles. The van der Waals surface area contributed by atoms with Crippen molar-refractivity contribution in [2.45, 2.75) is 19.9 Å². The number of nitrogens with one attached hydrogen (secondary N) is 1. The van der Waals surface area contributed by atoms with E-state index in [0.29, 0.717) is 17.9 Å². The van der Waals surface area contributed by atoms with Crippen molar-refractivity contribution < 1.29 is 8.91 Å². The average Bonchev–Trinajstić information content (AvgIpc) is 2.82. The zero-order chi connectivity index (χ0) is 12.1. The molecule has 1 N–H and O–H groups in total. The molecule has 0 saturated heterocycles. The Hall–Kier alpha value is -1.75. The first-order valence-electron chi connectivity index (χ1n) is 5.46. The summed E-state index contributed by atoms with van der Waals surface area (Å²) < 4.78 is 17.7. The standard InChI is InChI=1S/C12H14FN3O/c1-9-6-10(2-3-11(9)13)7-14-5-4-12-15-8-17-16-12/h2-3,6,8,14H,4-5,7H2,1H3. The topological polar surface area (TPSA) is 51.0 Å². The van der Waals surface area contributed by atoms with Gasteiger partial charge in [-0.2, -0.15) is 4.98 Å². The lowest BCUT2D eigenvalue weighted by atomic mass is 10.1. The van der Waals surface area contributed by atoms with Crippen LogP contribution in [0.4, 0.5) is 4.39 Å². The molecule has 2 rings (SSSR count). The van der Waals surface area contributed by atoms with Gasteiger partial charge in [0.25, 0.3) is 0 Å². The molecular weight excluding hydrogens is 221 g/mol. The van der Waals surface area contributed by atoms with E-state index < -0.39 is 0 Å². The van der Waals surface area contributed by atoms with Gasteiger partial charge in [-0.05, 0) is 24.1 Å². The van der Waals surface area contributed by atoms with Gasteiger partial charge in [0, 0.05) is 19.5 Å². The summed E-state index contributed by atoms with van der Waals surface area (Å²) in [6, 6.07) is 5.12. The van der Waals surface area contributed by atoms with Crippen LogP contribution in [0, 0.1) is 12.7 Å². The number of aromatic nitrogens is 2. The van der Waals surface area contributed by atoms with Gasteiger partial charge in [0.15, 0.2) is 5.82 Å². The minimum atomic E-state index is -0.166. The minimum Gasteiger partial charge on any atom is -0.343 e. The molecule has 1 aromatic heterocycles. The van der Waals surface area contributed by atoms with E-state index in [-0.39, 0.29) is 5.82 Å². The van der Waals surface area contributed by atoms with Gasteiger partial charge < -0.3 is 9.84 Å². The zero-order valence-corrected chi connectivity index (χ0v) is 9.61. The van der Waals surface area contributed by atoms with Gasteiger partial charge in [0.1, 0.15) is 5.82 Å². The second kappa shape index (κ2) is 5.54. The van der Waals surface area contributed by atoms with Crippen LogP contribution in [-0.4, -0.2) is 16.7 Å². The van der Waals surface area contributed by atoms with Crippen molar-refractivity contribution >= 4 is 0 Å². The normalized spacial score (nSPS) is 10.7. The van der Waals surface area contributed by atoms with Gasteiger partial charge in [0.2, 0.25) is 6.39 Å². The van der Waals surface area contributed by atoms with Crippen LogP contribution in [-0.2, 0) is 13.0 Å². The van der Waals surface area contributed by atoms with Crippen molar-refractivity contribution in [1.82, 2.24) is 15.5 Å². The molecule has 2 aromatic rings. The third kappa shape index (κ3) is 3.35. The summed E-state index contributed by atoms with van der Waals surface area (Å²) in [4.78, 5) is 3.92. The highest BCUT2D eigenvalue weighted by Crippen LogP contribution is 2.08. The molecule has 1 heterocycles. The Kier molecular flexibility index (Phi) is 3.82. The first-order valence-corrected chi connectivity index (χ1v) is 5.46. The molecule has 0 aliphatic carbocycles. The van der Waals surface area contributed by atoms with Crippen molar-refractivity contribution in [3.63, 3.8) is 0 Å². The molecule has 4 nitrogen and oxygen atoms in total. The maximum Gasteiger partial charge on any atom is 0.213 e. The van der Waals surface area contributed by atoms with Gasteiger partial charge in [-0.1, -0.05) is 17.3 Å². The minimum absolute atomic E-state index is 0.166. The van der Waals surface area contributed by atoms with Crippen LogP contribution in [0.2, 0.25) is 0 Å². The third-order valence-corrected chi connectivity index (χ3v) is 2.48. The quantitative estimate of drug-likeness (QED) is 0.803. The van der Waals surface area contributed by atoms with Crippen molar-refractivity contribution in [2.75, 3.05) is 6.54 Å². The fraction of sp³-hybridized carbons (Fsp3) is 0.333. The van der Waals surface area contributed by atoms with Gasteiger partial charge >= 0.3 is 0 Å². The van der Waals surface area contributed by atoms with E-state index in [4.69, 9.17) is 0 Å². The van der Waals surface area contributed by atoms with Crippen molar-refractivity contribution in [1.29, 1.82) is 0 Å². The van der Waals surface area contributed by atoms with E-state index in [9.17, 15) is 4.39 Å². The van der Waals surface area contributed by atoms with E-state index in [1.807, 2.05) is 6.07 Å². The zero-order valence-electron chi connectivity index (χ0n) is 9.61. The second-order valence-electron chi connectivity index (χ2n) is 3.86. The molecule has 17 heavy (non-hydrogen) atoms. The maximum atomic E-state index is 13.0. The Morgan fingerprint density at radius 3 is 3.00 bits per heavy atom. The lowest BCUT2D eigenvalue weighted by molar-refractivity contribution is 0.409. The summed E-state index contributed by atoms with van der Waals surface area (Å²) in [5, 5.41) is 6.95. The Morgan fingerprint density at radius 1 is 1.41 bits per heavy atom. The number of benzene rings is 1. The molecule has 0 atom stereocenters. The highest BCUT2D eigenvalue weighted by molar-refractivity contribution is 5.23. The van der Waals surface area contributed by atoms with E-state index in [1.54, 1.807) is 13.0 Å². The lowest BCUT2D eigenvalue weighted by Gasteiger charge is -2.05. The Morgan fingerprint density at radius 2 is 2.29 bits per heavy atom. The Balaban J connectivity index is 1.76. The van der Waals surface area contributed by atoms with Crippen molar-refractivity contribution in [2.24, 2.45) is 0 Å². The summed E-state index contributed by atoms with van der Waals surface area (Å²) in [6.07, 6.45) is 2.04. The summed E-state index contributed by atoms with van der Waals surface area (Å²) in [7, 11) is 0. The monoisotopic (exact) mass is 235 g/mol. The van der Waals surface area contributed by atoms with Crippen LogP contribution >= 0.6 is 0 Å². The fourth-order valence-corrected chi connectivity index (χ4v) is 1.55. The smallest absolute Gasteiger partial charge is 0.213 e. The van der Waals surface area contributed by atoms with E-state index >= 15 is 0 Å². The summed E-state index contributed by atoms with van der Waals surface area (Å²) >= 11 is 0. The van der Waals surface area contributed by atoms with Crippen LogP contribution in [0.5, 0.6) is 0 Å². The van der Waals surface area contributed by atoms with Crippen molar-refractivity contribution in [3.05, 3.63) is 47.4 Å². The molecule has 0 spiro atoms. The molecule has 0 amide bonds. The molecule has 5 heteroatoms. The second-order valence-corrected chi connectivity index (χ2v) is 3.86. The molecule has 1 aromatic carbocycles. The van der Waals surface area contributed by atoms with Crippen LogP contribution in [0.15, 0.2) is 29.1 Å². The van der Waals surface area contributed by atoms with Gasteiger partial charge in [0.05, 0.1) is 0 Å². The lowest BCUT2D eigenvalue weighted by Crippen LogP contribution is -2.17. The summed E-state index contributed by atoms with van der Waals surface area (Å²) in [6.45, 7) is 3.23. The summed E-state index contributed by atoms with van der Waals surface area (Å²) in [5.74, 6) is 0.522. The summed E-state index contributed by atoms with van der Waals surface area (Å²) in [5.41, 5.74) is 1.74. The molecular formula is C12H14FN3O. The van der Waals surface area contributed by atoms with Crippen molar-refractivity contribution in [3.8, 4) is 0 Å². The number of aryl methyl sites for hydroxylation is 1. The number of halogens is 1. The van der Waals surface area contributed by atoms with Crippen LogP contribution in [0.3, 0.4) is 0 Å². The predicted octanol–water partition coefficient (Wildman–Crippen LogP) is 1.85. The number of nitrogens with zero attached hydrogens (tertiary/aromatic N) is 2. The first-order chi connectivity index (χ1) is 8.25. The highest BCUT2D eigenvalue weighted by atomic mass is 19.1. The first kappa shape index (κ1) is 11.7. The molecule has 0 aliphatic heterocycles. The SMILES string of the molecule is Cc1cc(CNCCc2ncon2)ccc1F. The van der Waals surface area contributed by atoms with Gasteiger partial charge in [-0.25, -0.2) is 4.39 Å². The van der Waals surface area contributed by atoms with E-state index in [1.165, 1.54) is 12.5 Å². The Labute approximate surface area is 98.8 Å². The molecule has 0 unspecified atom stereocenters. The van der Waals surface area contributed by atoms with Crippen LogP contribution in [0.1, 0.15) is 17.0 Å². The number of hydrogen-bond acceptors (Lipinski definition) is 4. The van der Waals surface area contributed by atoms with E-state index in [2.05, 4.69) is 20.0 Å². The molecule has 0 aliphatic rings. The molecule has 90 valence electrons. The average molecular weight is 235 g/mol. The van der Waals surface area contributed by atoms with E-state index in [0.717, 1.165) is 18.5 Å². The van der Waals surface area contributed by atoms with Gasteiger partial charge in [-0.15, -0.1) is 0 Å². The molecule has 0 radical (unpaired) electrons. The number of hydrogen-bond donors (Lipinski definition) is 1. The highest BCUT2D eigenvalue weighted by Gasteiger charge is 2.00. The number of rotatable bonds is 5. The van der Waals surface area contributed by atoms with Crippen LogP contribution < -0.4 is 5.32 Å².